The summed E-state index contributed by atoms with van der Waals surface area (Å²) in [6.45, 7) is 0.642. The van der Waals surface area contributed by atoms with E-state index in [9.17, 15) is 0 Å². The largest absolute Gasteiger partial charge is 0.330 e. The lowest BCUT2D eigenvalue weighted by Gasteiger charge is -2.08. The minimum atomic E-state index is 0.642. The van der Waals surface area contributed by atoms with Gasteiger partial charge in [-0.25, -0.2) is 4.98 Å². The first-order valence-corrected chi connectivity index (χ1v) is 7.45. The van der Waals surface area contributed by atoms with E-state index in [1.54, 1.807) is 18.0 Å². The van der Waals surface area contributed by atoms with Crippen molar-refractivity contribution in [1.82, 2.24) is 4.98 Å². The van der Waals surface area contributed by atoms with Gasteiger partial charge in [0, 0.05) is 15.6 Å². The third-order valence-corrected chi connectivity index (χ3v) is 4.13. The molecular weight excluding hydrogens is 332 g/mol. The van der Waals surface area contributed by atoms with Gasteiger partial charge in [0.2, 0.25) is 0 Å². The highest BCUT2D eigenvalue weighted by Crippen LogP contribution is 2.32. The van der Waals surface area contributed by atoms with Gasteiger partial charge in [-0.05, 0) is 42.8 Å². The van der Waals surface area contributed by atoms with Crippen molar-refractivity contribution in [3.8, 4) is 0 Å². The van der Waals surface area contributed by atoms with Crippen molar-refractivity contribution >= 4 is 39.3 Å². The van der Waals surface area contributed by atoms with Crippen molar-refractivity contribution in [2.24, 2.45) is 5.73 Å². The van der Waals surface area contributed by atoms with Crippen LogP contribution in [0.4, 0.5) is 0 Å². The van der Waals surface area contributed by atoms with Gasteiger partial charge in [0.05, 0.1) is 5.02 Å². The molecule has 0 unspecified atom stereocenters. The highest BCUT2D eigenvalue weighted by Gasteiger charge is 2.06. The standard InChI is InChI=1S/C13H12BrClN2S/c14-10-2-1-9(5-6-16)12(7-10)18-13-4-3-11(15)8-17-13/h1-4,7-8H,5-6,16H2. The van der Waals surface area contributed by atoms with E-state index < -0.39 is 0 Å². The summed E-state index contributed by atoms with van der Waals surface area (Å²) in [6, 6.07) is 9.98. The molecule has 2 rings (SSSR count). The number of halogens is 2. The molecule has 0 bridgehead atoms. The summed E-state index contributed by atoms with van der Waals surface area (Å²) in [7, 11) is 0. The van der Waals surface area contributed by atoms with E-state index in [-0.39, 0.29) is 0 Å². The molecule has 2 aromatic rings. The van der Waals surface area contributed by atoms with E-state index in [0.717, 1.165) is 15.9 Å². The maximum Gasteiger partial charge on any atom is 0.101 e. The highest BCUT2D eigenvalue weighted by molar-refractivity contribution is 9.10. The number of pyridine rings is 1. The van der Waals surface area contributed by atoms with Crippen molar-refractivity contribution in [2.45, 2.75) is 16.3 Å². The molecule has 0 aliphatic rings. The molecule has 0 saturated carbocycles. The second kappa shape index (κ2) is 6.57. The molecule has 2 N–H and O–H groups in total. The van der Waals surface area contributed by atoms with Gasteiger partial charge in [0.15, 0.2) is 0 Å². The molecule has 1 aromatic carbocycles. The predicted molar refractivity (Wildman–Crippen MR) is 80.3 cm³/mol. The van der Waals surface area contributed by atoms with Crippen molar-refractivity contribution in [3.63, 3.8) is 0 Å². The van der Waals surface area contributed by atoms with E-state index in [4.69, 9.17) is 17.3 Å². The van der Waals surface area contributed by atoms with Gasteiger partial charge in [0.25, 0.3) is 0 Å². The topological polar surface area (TPSA) is 38.9 Å². The van der Waals surface area contributed by atoms with Crippen LogP contribution >= 0.6 is 39.3 Å². The fourth-order valence-electron chi connectivity index (χ4n) is 1.52. The third-order valence-electron chi connectivity index (χ3n) is 2.36. The van der Waals surface area contributed by atoms with E-state index in [2.05, 4.69) is 33.0 Å². The van der Waals surface area contributed by atoms with E-state index in [0.29, 0.717) is 11.6 Å². The molecule has 0 aliphatic heterocycles. The number of nitrogens with two attached hydrogens (primary N) is 1. The molecule has 0 saturated heterocycles. The maximum absolute atomic E-state index is 5.83. The number of hydrogen-bond donors (Lipinski definition) is 1. The Labute approximate surface area is 124 Å². The van der Waals surface area contributed by atoms with Crippen LogP contribution in [0, 0.1) is 0 Å². The Balaban J connectivity index is 2.26. The number of hydrogen-bond acceptors (Lipinski definition) is 3. The lowest BCUT2D eigenvalue weighted by Crippen LogP contribution is -2.03. The Hall–Kier alpha value is -0.550. The van der Waals surface area contributed by atoms with E-state index >= 15 is 0 Å². The minimum absolute atomic E-state index is 0.642. The Morgan fingerprint density at radius 2 is 2.11 bits per heavy atom. The highest BCUT2D eigenvalue weighted by atomic mass is 79.9. The summed E-state index contributed by atoms with van der Waals surface area (Å²) in [4.78, 5) is 5.46. The molecule has 0 spiro atoms. The second-order valence-electron chi connectivity index (χ2n) is 3.71. The Morgan fingerprint density at radius 3 is 2.78 bits per heavy atom. The van der Waals surface area contributed by atoms with Crippen molar-refractivity contribution in [2.75, 3.05) is 6.54 Å². The molecule has 0 fully saturated rings. The number of benzene rings is 1. The van der Waals surface area contributed by atoms with Gasteiger partial charge in [-0.15, -0.1) is 0 Å². The summed E-state index contributed by atoms with van der Waals surface area (Å²) in [5, 5.41) is 1.58. The molecule has 0 atom stereocenters. The summed E-state index contributed by atoms with van der Waals surface area (Å²) in [5.74, 6) is 0. The van der Waals surface area contributed by atoms with Gasteiger partial charge < -0.3 is 5.73 Å². The maximum atomic E-state index is 5.83. The molecule has 5 heteroatoms. The Bertz CT molecular complexity index is 531. The van der Waals surface area contributed by atoms with Crippen LogP contribution in [-0.2, 0) is 6.42 Å². The van der Waals surface area contributed by atoms with Crippen LogP contribution in [-0.4, -0.2) is 11.5 Å². The van der Waals surface area contributed by atoms with Gasteiger partial charge in [-0.1, -0.05) is 45.4 Å². The zero-order valence-electron chi connectivity index (χ0n) is 9.57. The van der Waals surface area contributed by atoms with Gasteiger partial charge in [-0.3, -0.25) is 0 Å². The van der Waals surface area contributed by atoms with E-state index in [1.807, 2.05) is 18.2 Å². The fraction of sp³-hybridized carbons (Fsp3) is 0.154. The zero-order valence-corrected chi connectivity index (χ0v) is 12.7. The molecule has 0 radical (unpaired) electrons. The second-order valence-corrected chi connectivity index (χ2v) is 6.12. The van der Waals surface area contributed by atoms with Gasteiger partial charge >= 0.3 is 0 Å². The smallest absolute Gasteiger partial charge is 0.101 e. The first kappa shape index (κ1) is 13.9. The number of nitrogens with zero attached hydrogens (tertiary/aromatic N) is 1. The average molecular weight is 344 g/mol. The van der Waals surface area contributed by atoms with Crippen LogP contribution in [0.1, 0.15) is 5.56 Å². The molecule has 0 amide bonds. The molecule has 1 aromatic heterocycles. The summed E-state index contributed by atoms with van der Waals surface area (Å²) in [5.41, 5.74) is 6.87. The monoisotopic (exact) mass is 342 g/mol. The molecular formula is C13H12BrClN2S. The van der Waals surface area contributed by atoms with Gasteiger partial charge in [-0.2, -0.15) is 0 Å². The average Bonchev–Trinajstić information content (AvgIpc) is 2.36. The number of aromatic nitrogens is 1. The SMILES string of the molecule is NCCc1ccc(Br)cc1Sc1ccc(Cl)cn1. The van der Waals surface area contributed by atoms with Crippen LogP contribution in [0.15, 0.2) is 50.9 Å². The van der Waals surface area contributed by atoms with Crippen LogP contribution < -0.4 is 5.73 Å². The molecule has 0 aliphatic carbocycles. The van der Waals surface area contributed by atoms with Crippen LogP contribution in [0.2, 0.25) is 5.02 Å². The quantitative estimate of drug-likeness (QED) is 0.906. The van der Waals surface area contributed by atoms with Crippen LogP contribution in [0.3, 0.4) is 0 Å². The first-order chi connectivity index (χ1) is 8.69. The number of rotatable bonds is 4. The lowest BCUT2D eigenvalue weighted by atomic mass is 10.1. The van der Waals surface area contributed by atoms with Crippen LogP contribution in [0.5, 0.6) is 0 Å². The Morgan fingerprint density at radius 1 is 1.28 bits per heavy atom. The fourth-order valence-corrected chi connectivity index (χ4v) is 3.10. The molecule has 94 valence electrons. The van der Waals surface area contributed by atoms with Crippen LogP contribution in [0.25, 0.3) is 0 Å². The molecule has 18 heavy (non-hydrogen) atoms. The summed E-state index contributed by atoms with van der Waals surface area (Å²) >= 11 is 10.9. The third kappa shape index (κ3) is 3.72. The van der Waals surface area contributed by atoms with Gasteiger partial charge in [0.1, 0.15) is 5.03 Å². The predicted octanol–water partition coefficient (Wildman–Crippen LogP) is 4.15. The lowest BCUT2D eigenvalue weighted by molar-refractivity contribution is 0.942. The van der Waals surface area contributed by atoms with Crippen molar-refractivity contribution in [3.05, 3.63) is 51.6 Å². The minimum Gasteiger partial charge on any atom is -0.330 e. The normalized spacial score (nSPS) is 10.6. The van der Waals surface area contributed by atoms with Crippen molar-refractivity contribution in [1.29, 1.82) is 0 Å². The van der Waals surface area contributed by atoms with Crippen molar-refractivity contribution < 1.29 is 0 Å². The first-order valence-electron chi connectivity index (χ1n) is 5.47. The summed E-state index contributed by atoms with van der Waals surface area (Å²) in [6.07, 6.45) is 2.52. The molecule has 2 nitrogen and oxygen atoms in total. The molecule has 1 heterocycles. The Kier molecular flexibility index (Phi) is 5.06. The van der Waals surface area contributed by atoms with E-state index in [1.165, 1.54) is 10.5 Å². The zero-order chi connectivity index (χ0) is 13.0. The summed E-state index contributed by atoms with van der Waals surface area (Å²) < 4.78 is 1.06.